The van der Waals surface area contributed by atoms with E-state index in [1.807, 2.05) is 5.32 Å². The number of alkyl halides is 3. The quantitative estimate of drug-likeness (QED) is 0.826. The van der Waals surface area contributed by atoms with Crippen molar-refractivity contribution in [3.05, 3.63) is 0 Å². The minimum Gasteiger partial charge on any atom is -0.481 e. The number of halogens is 3. The Morgan fingerprint density at radius 3 is 2.16 bits per heavy atom. The van der Waals surface area contributed by atoms with Crippen LogP contribution < -0.4 is 5.32 Å². The normalized spacial score (nSPS) is 29.0. The highest BCUT2D eigenvalue weighted by Crippen LogP contribution is 2.40. The molecule has 2 fully saturated rings. The van der Waals surface area contributed by atoms with Crippen molar-refractivity contribution < 1.29 is 27.9 Å². The summed E-state index contributed by atoms with van der Waals surface area (Å²) in [5.41, 5.74) is 0. The van der Waals surface area contributed by atoms with E-state index in [4.69, 9.17) is 5.11 Å². The van der Waals surface area contributed by atoms with Crippen molar-refractivity contribution >= 4 is 11.9 Å². The predicted octanol–water partition coefficient (Wildman–Crippen LogP) is 1.94. The van der Waals surface area contributed by atoms with Crippen LogP contribution in [-0.2, 0) is 9.59 Å². The number of rotatable bonds is 4. The number of aliphatic carboxylic acids is 1. The first-order valence-electron chi connectivity index (χ1n) is 6.40. The minimum absolute atomic E-state index is 0.135. The fraction of sp³-hybridized carbons (Fsp3) is 0.833. The molecule has 0 bridgehead atoms. The van der Waals surface area contributed by atoms with Gasteiger partial charge in [0.05, 0.1) is 11.8 Å². The van der Waals surface area contributed by atoms with Gasteiger partial charge in [-0.15, -0.1) is 0 Å². The molecule has 7 heteroatoms. The Labute approximate surface area is 108 Å². The summed E-state index contributed by atoms with van der Waals surface area (Å²) >= 11 is 0. The zero-order valence-electron chi connectivity index (χ0n) is 10.2. The highest BCUT2D eigenvalue weighted by atomic mass is 19.4. The maximum Gasteiger partial charge on any atom is 0.408 e. The van der Waals surface area contributed by atoms with Gasteiger partial charge in [-0.25, -0.2) is 0 Å². The number of nitrogens with one attached hydrogen (secondary N) is 1. The van der Waals surface area contributed by atoms with E-state index in [9.17, 15) is 22.8 Å². The molecule has 0 aromatic carbocycles. The van der Waals surface area contributed by atoms with Gasteiger partial charge < -0.3 is 10.4 Å². The Balaban J connectivity index is 1.97. The largest absolute Gasteiger partial charge is 0.481 e. The van der Waals surface area contributed by atoms with E-state index < -0.39 is 41.8 Å². The second-order valence-electron chi connectivity index (χ2n) is 5.36. The highest BCUT2D eigenvalue weighted by molar-refractivity contribution is 5.89. The summed E-state index contributed by atoms with van der Waals surface area (Å²) in [4.78, 5) is 22.3. The first-order chi connectivity index (χ1) is 8.80. The molecule has 19 heavy (non-hydrogen) atoms. The van der Waals surface area contributed by atoms with Crippen molar-refractivity contribution in [2.45, 2.75) is 44.3 Å². The SMILES string of the molecule is O=C(N[C@H](C1CCCC1)C(F)(F)F)[C@H]1C[C@H]1C(=O)O. The summed E-state index contributed by atoms with van der Waals surface area (Å²) in [6, 6.07) is -1.84. The lowest BCUT2D eigenvalue weighted by Gasteiger charge is -2.27. The number of carbonyl (C=O) groups excluding carboxylic acids is 1. The average molecular weight is 279 g/mol. The molecule has 4 nitrogen and oxygen atoms in total. The van der Waals surface area contributed by atoms with Gasteiger partial charge in [-0.1, -0.05) is 12.8 Å². The lowest BCUT2D eigenvalue weighted by Crippen LogP contribution is -2.50. The first kappa shape index (κ1) is 14.1. The molecule has 108 valence electrons. The van der Waals surface area contributed by atoms with Crippen LogP contribution in [0.4, 0.5) is 13.2 Å². The van der Waals surface area contributed by atoms with Crippen molar-refractivity contribution in [3.8, 4) is 0 Å². The van der Waals surface area contributed by atoms with Gasteiger partial charge in [0.15, 0.2) is 0 Å². The van der Waals surface area contributed by atoms with Crippen molar-refractivity contribution in [1.82, 2.24) is 5.32 Å². The summed E-state index contributed by atoms with van der Waals surface area (Å²) in [6.07, 6.45) is -1.94. The predicted molar refractivity (Wildman–Crippen MR) is 59.2 cm³/mol. The van der Waals surface area contributed by atoms with Gasteiger partial charge in [0.2, 0.25) is 5.91 Å². The molecule has 0 unspecified atom stereocenters. The third kappa shape index (κ3) is 3.19. The second kappa shape index (κ2) is 5.02. The molecule has 2 rings (SSSR count). The molecular formula is C12H16F3NO3. The van der Waals surface area contributed by atoms with E-state index in [1.54, 1.807) is 0 Å². The van der Waals surface area contributed by atoms with Crippen LogP contribution in [0.1, 0.15) is 32.1 Å². The minimum atomic E-state index is -4.47. The molecule has 0 aliphatic heterocycles. The van der Waals surface area contributed by atoms with Gasteiger partial charge in [0, 0.05) is 0 Å². The Morgan fingerprint density at radius 2 is 1.74 bits per heavy atom. The number of carbonyl (C=O) groups is 2. The Bertz CT molecular complexity index is 377. The highest BCUT2D eigenvalue weighted by Gasteiger charge is 2.52. The standard InChI is InChI=1S/C12H16F3NO3/c13-12(14,15)9(6-3-1-2-4-6)16-10(17)7-5-8(7)11(18)19/h6-9H,1-5H2,(H,16,17)(H,18,19)/t7-,8+,9+/m0/s1. The number of hydrogen-bond acceptors (Lipinski definition) is 2. The smallest absolute Gasteiger partial charge is 0.408 e. The van der Waals surface area contributed by atoms with E-state index in [0.717, 1.165) is 12.8 Å². The van der Waals surface area contributed by atoms with Crippen LogP contribution in [-0.4, -0.2) is 29.2 Å². The number of hydrogen-bond donors (Lipinski definition) is 2. The lowest BCUT2D eigenvalue weighted by molar-refractivity contribution is -0.172. The molecule has 1 amide bonds. The zero-order chi connectivity index (χ0) is 14.2. The van der Waals surface area contributed by atoms with E-state index in [0.29, 0.717) is 12.8 Å². The molecular weight excluding hydrogens is 263 g/mol. The van der Waals surface area contributed by atoms with Crippen molar-refractivity contribution in [2.75, 3.05) is 0 Å². The third-order valence-electron chi connectivity index (χ3n) is 3.97. The van der Waals surface area contributed by atoms with Gasteiger partial charge in [0.1, 0.15) is 6.04 Å². The van der Waals surface area contributed by atoms with Crippen LogP contribution in [0.15, 0.2) is 0 Å². The van der Waals surface area contributed by atoms with Gasteiger partial charge in [0.25, 0.3) is 0 Å². The number of amides is 1. The van der Waals surface area contributed by atoms with Crippen LogP contribution in [0.3, 0.4) is 0 Å². The van der Waals surface area contributed by atoms with Gasteiger partial charge >= 0.3 is 12.1 Å². The molecule has 3 atom stereocenters. The molecule has 0 heterocycles. The van der Waals surface area contributed by atoms with Crippen LogP contribution in [0, 0.1) is 17.8 Å². The van der Waals surface area contributed by atoms with Gasteiger partial charge in [-0.05, 0) is 25.2 Å². The number of carboxylic acid groups (broad SMARTS) is 1. The van der Waals surface area contributed by atoms with Crippen molar-refractivity contribution in [2.24, 2.45) is 17.8 Å². The monoisotopic (exact) mass is 279 g/mol. The van der Waals surface area contributed by atoms with Crippen LogP contribution in [0.2, 0.25) is 0 Å². The molecule has 2 aliphatic rings. The summed E-state index contributed by atoms with van der Waals surface area (Å²) < 4.78 is 38.8. The maximum absolute atomic E-state index is 12.9. The number of carboxylic acids is 1. The Hall–Kier alpha value is -1.27. The Morgan fingerprint density at radius 1 is 1.16 bits per heavy atom. The molecule has 2 saturated carbocycles. The van der Waals surface area contributed by atoms with Crippen LogP contribution >= 0.6 is 0 Å². The summed E-state index contributed by atoms with van der Waals surface area (Å²) in [5.74, 6) is -4.10. The van der Waals surface area contributed by atoms with Crippen molar-refractivity contribution in [1.29, 1.82) is 0 Å². The summed E-state index contributed by atoms with van der Waals surface area (Å²) in [6.45, 7) is 0. The molecule has 0 aromatic rings. The zero-order valence-corrected chi connectivity index (χ0v) is 10.2. The summed E-state index contributed by atoms with van der Waals surface area (Å²) in [5, 5.41) is 10.7. The second-order valence-corrected chi connectivity index (χ2v) is 5.36. The molecule has 0 saturated heterocycles. The lowest BCUT2D eigenvalue weighted by atomic mass is 9.97. The van der Waals surface area contributed by atoms with Gasteiger partial charge in [-0.3, -0.25) is 9.59 Å². The van der Waals surface area contributed by atoms with E-state index in [-0.39, 0.29) is 6.42 Å². The fourth-order valence-electron chi connectivity index (χ4n) is 2.78. The van der Waals surface area contributed by atoms with Crippen molar-refractivity contribution in [3.63, 3.8) is 0 Å². The molecule has 2 N–H and O–H groups in total. The van der Waals surface area contributed by atoms with Crippen LogP contribution in [0.25, 0.3) is 0 Å². The molecule has 2 aliphatic carbocycles. The molecule has 0 spiro atoms. The third-order valence-corrected chi connectivity index (χ3v) is 3.97. The average Bonchev–Trinajstić information content (AvgIpc) is 2.93. The first-order valence-corrected chi connectivity index (χ1v) is 6.40. The van der Waals surface area contributed by atoms with E-state index in [1.165, 1.54) is 0 Å². The Kier molecular flexibility index (Phi) is 3.73. The fourth-order valence-corrected chi connectivity index (χ4v) is 2.78. The molecule has 0 aromatic heterocycles. The summed E-state index contributed by atoms with van der Waals surface area (Å²) in [7, 11) is 0. The topological polar surface area (TPSA) is 66.4 Å². The van der Waals surface area contributed by atoms with E-state index in [2.05, 4.69) is 0 Å². The van der Waals surface area contributed by atoms with Gasteiger partial charge in [-0.2, -0.15) is 13.2 Å². The molecule has 0 radical (unpaired) electrons. The van der Waals surface area contributed by atoms with Crippen LogP contribution in [0.5, 0.6) is 0 Å². The van der Waals surface area contributed by atoms with E-state index >= 15 is 0 Å². The maximum atomic E-state index is 12.9.